The zero-order chi connectivity index (χ0) is 15.6. The summed E-state index contributed by atoms with van der Waals surface area (Å²) in [5.74, 6) is -1.22. The summed E-state index contributed by atoms with van der Waals surface area (Å²) in [6, 6.07) is 0. The summed E-state index contributed by atoms with van der Waals surface area (Å²) in [4.78, 5) is 10.9. The van der Waals surface area contributed by atoms with Crippen molar-refractivity contribution in [2.45, 2.75) is 25.2 Å². The molecule has 0 aliphatic carbocycles. The van der Waals surface area contributed by atoms with E-state index in [4.69, 9.17) is 9.84 Å². The zero-order valence-corrected chi connectivity index (χ0v) is 12.8. The smallest absolute Gasteiger partial charge is 0.357 e. The molecule has 2 N–H and O–H groups in total. The molecule has 1 fully saturated rings. The fourth-order valence-corrected chi connectivity index (χ4v) is 4.24. The lowest BCUT2D eigenvalue weighted by Gasteiger charge is -2.23. The van der Waals surface area contributed by atoms with E-state index in [1.807, 2.05) is 0 Å². The molecular weight excluding hydrogens is 298 g/mol. The molecule has 2 rings (SSSR count). The minimum absolute atomic E-state index is 0.139. The lowest BCUT2D eigenvalue weighted by molar-refractivity contribution is 0.0686. The van der Waals surface area contributed by atoms with Gasteiger partial charge in [-0.3, -0.25) is 5.10 Å². The average Bonchev–Trinajstić information content (AvgIpc) is 3.04. The third-order valence-electron chi connectivity index (χ3n) is 3.53. The molecule has 2 heterocycles. The maximum atomic E-state index is 12.7. The van der Waals surface area contributed by atoms with E-state index in [2.05, 4.69) is 10.2 Å². The van der Waals surface area contributed by atoms with Crippen LogP contribution in [-0.2, 0) is 14.8 Å². The van der Waals surface area contributed by atoms with Crippen LogP contribution in [0.15, 0.2) is 4.90 Å². The molecule has 0 spiro atoms. The molecule has 0 radical (unpaired) electrons. The molecule has 0 bridgehead atoms. The van der Waals surface area contributed by atoms with Gasteiger partial charge in [-0.1, -0.05) is 6.92 Å². The van der Waals surface area contributed by atoms with Crippen LogP contribution in [-0.4, -0.2) is 60.3 Å². The second-order valence-electron chi connectivity index (χ2n) is 5.02. The Balaban J connectivity index is 2.34. The number of hydrogen-bond acceptors (Lipinski definition) is 5. The Morgan fingerprint density at radius 2 is 2.29 bits per heavy atom. The molecule has 1 aliphatic rings. The lowest BCUT2D eigenvalue weighted by Crippen LogP contribution is -2.36. The lowest BCUT2D eigenvalue weighted by atomic mass is 10.1. The monoisotopic (exact) mass is 317 g/mol. The number of carbonyl (C=O) groups is 1. The van der Waals surface area contributed by atoms with Gasteiger partial charge >= 0.3 is 5.97 Å². The quantitative estimate of drug-likeness (QED) is 0.788. The van der Waals surface area contributed by atoms with Crippen LogP contribution in [0.2, 0.25) is 0 Å². The Labute approximate surface area is 123 Å². The number of aromatic nitrogens is 2. The van der Waals surface area contributed by atoms with E-state index in [1.54, 1.807) is 6.92 Å². The van der Waals surface area contributed by atoms with Crippen molar-refractivity contribution in [3.63, 3.8) is 0 Å². The SMILES string of the molecule is CCN(CC1CCOC1)S(=O)(=O)c1c(C(=O)O)n[nH]c1C. The summed E-state index contributed by atoms with van der Waals surface area (Å²) in [6.45, 7) is 4.97. The number of rotatable bonds is 6. The molecule has 0 aromatic carbocycles. The number of carboxylic acids is 1. The number of aromatic carboxylic acids is 1. The van der Waals surface area contributed by atoms with Crippen LogP contribution in [0.5, 0.6) is 0 Å². The second-order valence-corrected chi connectivity index (χ2v) is 6.89. The van der Waals surface area contributed by atoms with Crippen molar-refractivity contribution in [2.24, 2.45) is 5.92 Å². The number of nitrogens with zero attached hydrogens (tertiary/aromatic N) is 2. The van der Waals surface area contributed by atoms with Crippen molar-refractivity contribution in [2.75, 3.05) is 26.3 Å². The first-order valence-corrected chi connectivity index (χ1v) is 8.18. The van der Waals surface area contributed by atoms with Crippen LogP contribution in [0.3, 0.4) is 0 Å². The average molecular weight is 317 g/mol. The predicted molar refractivity (Wildman–Crippen MR) is 73.6 cm³/mol. The van der Waals surface area contributed by atoms with Gasteiger partial charge in [0.05, 0.1) is 12.3 Å². The molecule has 118 valence electrons. The fourth-order valence-electron chi connectivity index (χ4n) is 2.42. The van der Waals surface area contributed by atoms with Crippen molar-refractivity contribution in [3.8, 4) is 0 Å². The number of ether oxygens (including phenoxy) is 1. The number of H-pyrrole nitrogens is 1. The minimum Gasteiger partial charge on any atom is -0.476 e. The number of aromatic amines is 1. The second kappa shape index (κ2) is 6.12. The summed E-state index contributed by atoms with van der Waals surface area (Å²) >= 11 is 0. The van der Waals surface area contributed by atoms with Gasteiger partial charge in [0.1, 0.15) is 4.90 Å². The Morgan fingerprint density at radius 3 is 2.81 bits per heavy atom. The van der Waals surface area contributed by atoms with E-state index in [9.17, 15) is 13.2 Å². The number of sulfonamides is 1. The van der Waals surface area contributed by atoms with Crippen LogP contribution >= 0.6 is 0 Å². The molecule has 1 aromatic heterocycles. The highest BCUT2D eigenvalue weighted by Gasteiger charge is 2.34. The van der Waals surface area contributed by atoms with Crippen LogP contribution in [0, 0.1) is 12.8 Å². The summed E-state index contributed by atoms with van der Waals surface area (Å²) in [6.07, 6.45) is 0.808. The highest BCUT2D eigenvalue weighted by atomic mass is 32.2. The van der Waals surface area contributed by atoms with Crippen LogP contribution in [0.25, 0.3) is 0 Å². The van der Waals surface area contributed by atoms with Crippen molar-refractivity contribution in [1.82, 2.24) is 14.5 Å². The third-order valence-corrected chi connectivity index (χ3v) is 5.63. The Bertz CT molecular complexity index is 619. The van der Waals surface area contributed by atoms with Gasteiger partial charge in [0.25, 0.3) is 0 Å². The van der Waals surface area contributed by atoms with Gasteiger partial charge in [-0.05, 0) is 19.3 Å². The van der Waals surface area contributed by atoms with Gasteiger partial charge in [0.15, 0.2) is 5.69 Å². The van der Waals surface area contributed by atoms with Crippen molar-refractivity contribution >= 4 is 16.0 Å². The molecule has 21 heavy (non-hydrogen) atoms. The summed E-state index contributed by atoms with van der Waals surface area (Å²) in [7, 11) is -3.90. The maximum absolute atomic E-state index is 12.7. The molecule has 0 saturated carbocycles. The highest BCUT2D eigenvalue weighted by Crippen LogP contribution is 2.24. The first kappa shape index (κ1) is 15.9. The third kappa shape index (κ3) is 3.09. The minimum atomic E-state index is -3.90. The Morgan fingerprint density at radius 1 is 1.57 bits per heavy atom. The summed E-state index contributed by atoms with van der Waals surface area (Å²) in [5, 5.41) is 15.1. The van der Waals surface area contributed by atoms with E-state index in [0.29, 0.717) is 19.8 Å². The van der Waals surface area contributed by atoms with Crippen LogP contribution in [0.1, 0.15) is 29.5 Å². The first-order valence-electron chi connectivity index (χ1n) is 6.74. The Kier molecular flexibility index (Phi) is 4.64. The first-order chi connectivity index (χ1) is 9.87. The number of hydrogen-bond donors (Lipinski definition) is 2. The van der Waals surface area contributed by atoms with Gasteiger partial charge in [-0.25, -0.2) is 13.2 Å². The van der Waals surface area contributed by atoms with E-state index < -0.39 is 21.7 Å². The largest absolute Gasteiger partial charge is 0.476 e. The summed E-state index contributed by atoms with van der Waals surface area (Å²) < 4.78 is 32.0. The van der Waals surface area contributed by atoms with E-state index in [1.165, 1.54) is 11.2 Å². The zero-order valence-electron chi connectivity index (χ0n) is 12.0. The standard InChI is InChI=1S/C12H19N3O5S/c1-3-15(6-9-4-5-20-7-9)21(18,19)11-8(2)13-14-10(11)12(16)17/h9H,3-7H2,1-2H3,(H,13,14)(H,16,17). The molecule has 1 atom stereocenters. The van der Waals surface area contributed by atoms with E-state index in [0.717, 1.165) is 6.42 Å². The molecule has 1 saturated heterocycles. The normalized spacial score (nSPS) is 19.3. The molecule has 9 heteroatoms. The maximum Gasteiger partial charge on any atom is 0.357 e. The van der Waals surface area contributed by atoms with E-state index >= 15 is 0 Å². The van der Waals surface area contributed by atoms with Gasteiger partial charge < -0.3 is 9.84 Å². The van der Waals surface area contributed by atoms with Gasteiger partial charge in [-0.15, -0.1) is 0 Å². The molecule has 1 unspecified atom stereocenters. The van der Waals surface area contributed by atoms with Gasteiger partial charge in [0.2, 0.25) is 10.0 Å². The molecule has 1 aromatic rings. The predicted octanol–water partition coefficient (Wildman–Crippen LogP) is 0.463. The number of aryl methyl sites for hydroxylation is 1. The fraction of sp³-hybridized carbons (Fsp3) is 0.667. The summed E-state index contributed by atoms with van der Waals surface area (Å²) in [5.41, 5.74) is -0.234. The molecule has 1 aliphatic heterocycles. The van der Waals surface area contributed by atoms with Crippen LogP contribution in [0.4, 0.5) is 0 Å². The molecular formula is C12H19N3O5S. The highest BCUT2D eigenvalue weighted by molar-refractivity contribution is 7.89. The number of nitrogens with one attached hydrogen (secondary N) is 1. The van der Waals surface area contributed by atoms with Gasteiger partial charge in [-0.2, -0.15) is 9.40 Å². The Hall–Kier alpha value is -1.45. The molecule has 8 nitrogen and oxygen atoms in total. The van der Waals surface area contributed by atoms with Crippen molar-refractivity contribution < 1.29 is 23.1 Å². The van der Waals surface area contributed by atoms with E-state index in [-0.39, 0.29) is 23.1 Å². The van der Waals surface area contributed by atoms with Crippen molar-refractivity contribution in [1.29, 1.82) is 0 Å². The van der Waals surface area contributed by atoms with Gasteiger partial charge in [0, 0.05) is 19.7 Å². The molecule has 0 amide bonds. The topological polar surface area (TPSA) is 113 Å². The number of carboxylic acid groups (broad SMARTS) is 1. The van der Waals surface area contributed by atoms with Crippen LogP contribution < -0.4 is 0 Å². The van der Waals surface area contributed by atoms with Crippen molar-refractivity contribution in [3.05, 3.63) is 11.4 Å².